The van der Waals surface area contributed by atoms with Crippen molar-refractivity contribution in [3.8, 4) is 0 Å². The summed E-state index contributed by atoms with van der Waals surface area (Å²) in [6, 6.07) is 17.7. The molecule has 2 aliphatic heterocycles. The lowest BCUT2D eigenvalue weighted by molar-refractivity contribution is 0.0953. The standard InChI is InChI=1S/C29H30FN3O4S/c30-25-10-7-22(8-11-25)29(35)33-19-3-4-23-20-24(9-14-27(23)33)28(34)31-16-15-21-5-12-26(13-6-21)38(36,37)32-17-1-2-18-32/h5-14,20H,1-4,15-19H2,(H,31,34). The summed E-state index contributed by atoms with van der Waals surface area (Å²) >= 11 is 0. The van der Waals surface area contributed by atoms with Crippen LogP contribution < -0.4 is 10.2 Å². The van der Waals surface area contributed by atoms with Crippen molar-refractivity contribution in [2.75, 3.05) is 31.1 Å². The first-order chi connectivity index (χ1) is 18.3. The molecule has 0 radical (unpaired) electrons. The summed E-state index contributed by atoms with van der Waals surface area (Å²) in [5, 5.41) is 2.93. The molecule has 2 aliphatic rings. The van der Waals surface area contributed by atoms with Gasteiger partial charge >= 0.3 is 0 Å². The lowest BCUT2D eigenvalue weighted by Gasteiger charge is -2.30. The van der Waals surface area contributed by atoms with Crippen LogP contribution in [0.1, 0.15) is 51.1 Å². The highest BCUT2D eigenvalue weighted by molar-refractivity contribution is 7.89. The average molecular weight is 536 g/mol. The molecule has 0 bridgehead atoms. The van der Waals surface area contributed by atoms with E-state index in [1.165, 1.54) is 28.6 Å². The van der Waals surface area contributed by atoms with Crippen molar-refractivity contribution in [2.45, 2.75) is 37.0 Å². The Balaban J connectivity index is 1.19. The van der Waals surface area contributed by atoms with E-state index in [0.717, 1.165) is 42.5 Å². The fourth-order valence-electron chi connectivity index (χ4n) is 5.03. The molecule has 1 saturated heterocycles. The Bertz CT molecular complexity index is 1430. The smallest absolute Gasteiger partial charge is 0.258 e. The Hall–Kier alpha value is -3.56. The van der Waals surface area contributed by atoms with E-state index < -0.39 is 15.8 Å². The molecule has 0 atom stereocenters. The van der Waals surface area contributed by atoms with Gasteiger partial charge in [0.2, 0.25) is 10.0 Å². The minimum atomic E-state index is -3.44. The van der Waals surface area contributed by atoms with Crippen molar-refractivity contribution in [1.82, 2.24) is 9.62 Å². The molecule has 2 heterocycles. The molecule has 0 saturated carbocycles. The third kappa shape index (κ3) is 5.49. The molecule has 5 rings (SSSR count). The van der Waals surface area contributed by atoms with Gasteiger partial charge < -0.3 is 10.2 Å². The van der Waals surface area contributed by atoms with Crippen LogP contribution in [0.4, 0.5) is 10.1 Å². The van der Waals surface area contributed by atoms with E-state index in [9.17, 15) is 22.4 Å². The monoisotopic (exact) mass is 535 g/mol. The quantitative estimate of drug-likeness (QED) is 0.492. The molecule has 1 N–H and O–H groups in total. The summed E-state index contributed by atoms with van der Waals surface area (Å²) in [6.07, 6.45) is 3.90. The molecule has 9 heteroatoms. The SMILES string of the molecule is O=C(NCCc1ccc(S(=O)(=O)N2CCCC2)cc1)c1ccc2c(c1)CCCN2C(=O)c1ccc(F)cc1. The fourth-order valence-corrected chi connectivity index (χ4v) is 6.54. The number of carbonyl (C=O) groups excluding carboxylic acids is 2. The summed E-state index contributed by atoms with van der Waals surface area (Å²) in [4.78, 5) is 27.8. The molecule has 3 aromatic carbocycles. The van der Waals surface area contributed by atoms with Gasteiger partial charge in [-0.3, -0.25) is 9.59 Å². The number of hydrogen-bond acceptors (Lipinski definition) is 4. The second kappa shape index (κ2) is 11.0. The first-order valence-corrected chi connectivity index (χ1v) is 14.3. The second-order valence-corrected chi connectivity index (χ2v) is 11.6. The number of sulfonamides is 1. The van der Waals surface area contributed by atoms with E-state index in [4.69, 9.17) is 0 Å². The van der Waals surface area contributed by atoms with Gasteiger partial charge in [-0.15, -0.1) is 0 Å². The van der Waals surface area contributed by atoms with Gasteiger partial charge in [-0.2, -0.15) is 4.31 Å². The van der Waals surface area contributed by atoms with Crippen LogP contribution in [0.15, 0.2) is 71.6 Å². The number of nitrogens with one attached hydrogen (secondary N) is 1. The maximum absolute atomic E-state index is 13.3. The van der Waals surface area contributed by atoms with Gasteiger partial charge in [0.1, 0.15) is 5.82 Å². The number of rotatable bonds is 7. The number of amides is 2. The maximum Gasteiger partial charge on any atom is 0.258 e. The van der Waals surface area contributed by atoms with Gasteiger partial charge in [0.25, 0.3) is 11.8 Å². The van der Waals surface area contributed by atoms with Gasteiger partial charge in [0, 0.05) is 43.0 Å². The Morgan fingerprint density at radius 1 is 0.842 bits per heavy atom. The minimum absolute atomic E-state index is 0.192. The molecular weight excluding hydrogens is 505 g/mol. The van der Waals surface area contributed by atoms with Crippen molar-refractivity contribution < 1.29 is 22.4 Å². The van der Waals surface area contributed by atoms with E-state index in [1.807, 2.05) is 6.07 Å². The summed E-state index contributed by atoms with van der Waals surface area (Å²) in [6.45, 7) is 2.11. The molecule has 2 amide bonds. The predicted octanol–water partition coefficient (Wildman–Crippen LogP) is 4.18. The molecule has 38 heavy (non-hydrogen) atoms. The van der Waals surface area contributed by atoms with Gasteiger partial charge in [0.05, 0.1) is 4.90 Å². The molecule has 0 spiro atoms. The lowest BCUT2D eigenvalue weighted by Crippen LogP contribution is -2.35. The number of anilines is 1. The fraction of sp³-hybridized carbons (Fsp3) is 0.310. The number of nitrogens with zero attached hydrogens (tertiary/aromatic N) is 2. The Morgan fingerprint density at radius 3 is 2.24 bits per heavy atom. The highest BCUT2D eigenvalue weighted by atomic mass is 32.2. The number of halogens is 1. The number of hydrogen-bond donors (Lipinski definition) is 1. The number of aryl methyl sites for hydroxylation is 1. The van der Waals surface area contributed by atoms with Crippen LogP contribution in [0.2, 0.25) is 0 Å². The normalized spacial score (nSPS) is 15.8. The zero-order valence-corrected chi connectivity index (χ0v) is 21.8. The largest absolute Gasteiger partial charge is 0.352 e. The summed E-state index contributed by atoms with van der Waals surface area (Å²) in [5.41, 5.74) is 3.57. The van der Waals surface area contributed by atoms with Gasteiger partial charge in [-0.05, 0) is 97.8 Å². The van der Waals surface area contributed by atoms with E-state index in [0.29, 0.717) is 48.6 Å². The van der Waals surface area contributed by atoms with Crippen molar-refractivity contribution in [2.24, 2.45) is 0 Å². The number of fused-ring (bicyclic) bond motifs is 1. The Kier molecular flexibility index (Phi) is 7.58. The first-order valence-electron chi connectivity index (χ1n) is 12.9. The lowest BCUT2D eigenvalue weighted by atomic mass is 9.98. The molecule has 0 aromatic heterocycles. The van der Waals surface area contributed by atoms with E-state index in [1.54, 1.807) is 41.3 Å². The molecule has 3 aromatic rings. The number of benzene rings is 3. The molecule has 1 fully saturated rings. The van der Waals surface area contributed by atoms with Crippen molar-refractivity contribution in [3.63, 3.8) is 0 Å². The van der Waals surface area contributed by atoms with Crippen LogP contribution in [-0.4, -0.2) is 50.7 Å². The van der Waals surface area contributed by atoms with Crippen LogP contribution in [0.25, 0.3) is 0 Å². The van der Waals surface area contributed by atoms with Gasteiger partial charge in [0.15, 0.2) is 0 Å². The molecule has 198 valence electrons. The van der Waals surface area contributed by atoms with Crippen LogP contribution in [0.5, 0.6) is 0 Å². The summed E-state index contributed by atoms with van der Waals surface area (Å²) in [7, 11) is -3.44. The molecule has 0 unspecified atom stereocenters. The van der Waals surface area contributed by atoms with Crippen molar-refractivity contribution in [3.05, 3.63) is 94.8 Å². The topological polar surface area (TPSA) is 86.8 Å². The summed E-state index contributed by atoms with van der Waals surface area (Å²) in [5.74, 6) is -0.788. The molecular formula is C29H30FN3O4S. The number of carbonyl (C=O) groups is 2. The van der Waals surface area contributed by atoms with Crippen LogP contribution in [0, 0.1) is 5.82 Å². The minimum Gasteiger partial charge on any atom is -0.352 e. The van der Waals surface area contributed by atoms with Gasteiger partial charge in [-0.1, -0.05) is 12.1 Å². The summed E-state index contributed by atoms with van der Waals surface area (Å²) < 4.78 is 40.2. The Labute approximate surface area is 222 Å². The van der Waals surface area contributed by atoms with Crippen LogP contribution >= 0.6 is 0 Å². The van der Waals surface area contributed by atoms with Crippen LogP contribution in [-0.2, 0) is 22.9 Å². The third-order valence-electron chi connectivity index (χ3n) is 7.12. The predicted molar refractivity (Wildman–Crippen MR) is 143 cm³/mol. The van der Waals surface area contributed by atoms with Crippen molar-refractivity contribution in [1.29, 1.82) is 0 Å². The van der Waals surface area contributed by atoms with Crippen LogP contribution in [0.3, 0.4) is 0 Å². The first kappa shape index (κ1) is 26.1. The zero-order valence-electron chi connectivity index (χ0n) is 21.0. The zero-order chi connectivity index (χ0) is 26.7. The molecule has 7 nitrogen and oxygen atoms in total. The third-order valence-corrected chi connectivity index (χ3v) is 9.03. The second-order valence-electron chi connectivity index (χ2n) is 9.67. The van der Waals surface area contributed by atoms with E-state index in [-0.39, 0.29) is 11.8 Å². The molecule has 0 aliphatic carbocycles. The van der Waals surface area contributed by atoms with E-state index >= 15 is 0 Å². The van der Waals surface area contributed by atoms with Crippen molar-refractivity contribution >= 4 is 27.5 Å². The maximum atomic E-state index is 13.3. The Morgan fingerprint density at radius 2 is 1.53 bits per heavy atom. The van der Waals surface area contributed by atoms with E-state index in [2.05, 4.69) is 5.32 Å². The average Bonchev–Trinajstić information content (AvgIpc) is 3.49. The van der Waals surface area contributed by atoms with Gasteiger partial charge in [-0.25, -0.2) is 12.8 Å². The highest BCUT2D eigenvalue weighted by Gasteiger charge is 2.27. The highest BCUT2D eigenvalue weighted by Crippen LogP contribution is 2.29.